The molecule has 7 nitrogen and oxygen atoms in total. The molecule has 0 aliphatic heterocycles. The van der Waals surface area contributed by atoms with E-state index < -0.39 is 44.8 Å². The third-order valence-electron chi connectivity index (χ3n) is 7.05. The van der Waals surface area contributed by atoms with Crippen LogP contribution in [0.1, 0.15) is 11.1 Å². The number of rotatable bonds is 8. The van der Waals surface area contributed by atoms with E-state index in [1.54, 1.807) is 12.1 Å². The highest BCUT2D eigenvalue weighted by Gasteiger charge is 2.56. The van der Waals surface area contributed by atoms with Crippen molar-refractivity contribution < 1.29 is 30.9 Å². The number of anilines is 1. The zero-order chi connectivity index (χ0) is 30.4. The second-order valence-electron chi connectivity index (χ2n) is 9.63. The van der Waals surface area contributed by atoms with Crippen LogP contribution in [0.15, 0.2) is 105 Å². The second-order valence-corrected chi connectivity index (χ2v) is 13.4. The molecule has 0 heterocycles. The van der Waals surface area contributed by atoms with Gasteiger partial charge in [-0.2, -0.15) is 13.2 Å². The van der Waals surface area contributed by atoms with Gasteiger partial charge in [-0.25, -0.2) is 12.6 Å². The van der Waals surface area contributed by atoms with Gasteiger partial charge < -0.3 is 16.2 Å². The Morgan fingerprint density at radius 3 is 2.26 bits per heavy atom. The standard InChI is InChI=1S/C29H23ClF3N3O4S2/c30-24-15-19(10-13-25(24)36-16-28(37,27(34)35)29(31,32)33)41(38)18-8-11-20(12-9-18)42(39,40)26-7-3-6-22-21-5-2-1-4-17(21)14-23(22)26/h1-13,15,36-37H,14,16H2,(H3,34,35)/t28-,41?/m1/s1. The number of halogens is 4. The Kier molecular flexibility index (Phi) is 7.69. The van der Waals surface area contributed by atoms with E-state index in [2.05, 4.69) is 5.32 Å². The normalized spacial score (nSPS) is 14.9. The fraction of sp³-hybridized carbons (Fsp3) is 0.138. The van der Waals surface area contributed by atoms with Crippen molar-refractivity contribution in [1.29, 1.82) is 5.41 Å². The summed E-state index contributed by atoms with van der Waals surface area (Å²) in [6.07, 6.45) is -4.70. The van der Waals surface area contributed by atoms with Crippen LogP contribution in [0.2, 0.25) is 5.02 Å². The lowest BCUT2D eigenvalue weighted by Crippen LogP contribution is -2.59. The molecule has 0 radical (unpaired) electrons. The third kappa shape index (κ3) is 5.19. The van der Waals surface area contributed by atoms with Gasteiger partial charge in [0, 0.05) is 9.79 Å². The molecule has 0 spiro atoms. The summed E-state index contributed by atoms with van der Waals surface area (Å²) in [5.74, 6) is -1.48. The Balaban J connectivity index is 1.35. The van der Waals surface area contributed by atoms with Gasteiger partial charge in [0.2, 0.25) is 15.4 Å². The molecule has 2 atom stereocenters. The highest BCUT2D eigenvalue weighted by molar-refractivity contribution is 7.91. The molecule has 0 amide bonds. The number of amidine groups is 1. The van der Waals surface area contributed by atoms with Crippen molar-refractivity contribution in [2.75, 3.05) is 11.9 Å². The predicted octanol–water partition coefficient (Wildman–Crippen LogP) is 5.55. The highest BCUT2D eigenvalue weighted by atomic mass is 35.5. The Hall–Kier alpha value is -3.71. The van der Waals surface area contributed by atoms with Crippen LogP contribution in [-0.2, 0) is 27.1 Å². The van der Waals surface area contributed by atoms with Crippen LogP contribution < -0.4 is 11.1 Å². The Morgan fingerprint density at radius 1 is 0.976 bits per heavy atom. The molecular weight excluding hydrogens is 611 g/mol. The van der Waals surface area contributed by atoms with Gasteiger partial charge in [0.15, 0.2) is 0 Å². The van der Waals surface area contributed by atoms with Crippen LogP contribution in [0.3, 0.4) is 0 Å². The number of fused-ring (bicyclic) bond motifs is 3. The van der Waals surface area contributed by atoms with Crippen LogP contribution in [0.4, 0.5) is 18.9 Å². The van der Waals surface area contributed by atoms with E-state index in [-0.39, 0.29) is 30.3 Å². The van der Waals surface area contributed by atoms with Gasteiger partial charge in [-0.3, -0.25) is 5.41 Å². The van der Waals surface area contributed by atoms with Crippen molar-refractivity contribution >= 4 is 43.8 Å². The largest absolute Gasteiger partial charge is 0.426 e. The lowest BCUT2D eigenvalue weighted by Gasteiger charge is -2.29. The van der Waals surface area contributed by atoms with E-state index in [9.17, 15) is 30.9 Å². The molecule has 218 valence electrons. The number of sulfone groups is 1. The van der Waals surface area contributed by atoms with Crippen LogP contribution in [0, 0.1) is 5.41 Å². The Bertz CT molecular complexity index is 1850. The summed E-state index contributed by atoms with van der Waals surface area (Å²) in [4.78, 5) is 0.729. The van der Waals surface area contributed by atoms with E-state index in [4.69, 9.17) is 22.7 Å². The first-order valence-corrected chi connectivity index (χ1v) is 15.4. The maximum absolute atomic E-state index is 13.6. The summed E-state index contributed by atoms with van der Waals surface area (Å²) in [7, 11) is -5.69. The molecule has 1 aliphatic carbocycles. The molecule has 0 saturated carbocycles. The zero-order valence-corrected chi connectivity index (χ0v) is 24.0. The fourth-order valence-corrected chi connectivity index (χ4v) is 7.61. The van der Waals surface area contributed by atoms with Crippen LogP contribution in [0.5, 0.6) is 0 Å². The van der Waals surface area contributed by atoms with Crippen molar-refractivity contribution in [1.82, 2.24) is 0 Å². The van der Waals surface area contributed by atoms with Crippen LogP contribution >= 0.6 is 11.6 Å². The van der Waals surface area contributed by atoms with E-state index in [0.717, 1.165) is 22.3 Å². The SMILES string of the molecule is N=C(N)[C@](O)(CNc1ccc(S(=O)c2ccc(S(=O)(=O)c3cccc4c3Cc3ccccc3-4)cc2)cc1Cl)C(F)(F)F. The molecule has 1 aliphatic rings. The molecule has 4 aromatic carbocycles. The maximum atomic E-state index is 13.6. The molecule has 0 saturated heterocycles. The number of alkyl halides is 3. The van der Waals surface area contributed by atoms with Gasteiger partial charge in [0.1, 0.15) is 5.84 Å². The summed E-state index contributed by atoms with van der Waals surface area (Å²) in [5, 5.41) is 19.2. The molecule has 5 N–H and O–H groups in total. The van der Waals surface area contributed by atoms with Gasteiger partial charge in [-0.1, -0.05) is 48.0 Å². The van der Waals surface area contributed by atoms with Crippen molar-refractivity contribution in [3.05, 3.63) is 101 Å². The lowest BCUT2D eigenvalue weighted by atomic mass is 10.0. The van der Waals surface area contributed by atoms with E-state index in [0.29, 0.717) is 6.42 Å². The minimum atomic E-state index is -5.20. The summed E-state index contributed by atoms with van der Waals surface area (Å²) < 4.78 is 80.0. The minimum absolute atomic E-state index is 0.0136. The molecule has 0 aromatic heterocycles. The number of nitrogens with one attached hydrogen (secondary N) is 2. The number of hydrogen-bond donors (Lipinski definition) is 4. The molecule has 1 unspecified atom stereocenters. The molecule has 0 fully saturated rings. The summed E-state index contributed by atoms with van der Waals surface area (Å²) in [6, 6.07) is 22.5. The number of nitrogens with two attached hydrogens (primary N) is 1. The first-order chi connectivity index (χ1) is 19.7. The minimum Gasteiger partial charge on any atom is -0.385 e. The van der Waals surface area contributed by atoms with Crippen molar-refractivity contribution in [3.8, 4) is 11.1 Å². The summed E-state index contributed by atoms with van der Waals surface area (Å²) >= 11 is 6.19. The van der Waals surface area contributed by atoms with Crippen LogP contribution in [-0.4, -0.2) is 41.9 Å². The third-order valence-corrected chi connectivity index (χ3v) is 10.6. The average Bonchev–Trinajstić information content (AvgIpc) is 3.34. The smallest absolute Gasteiger partial charge is 0.385 e. The van der Waals surface area contributed by atoms with Gasteiger partial charge in [0.25, 0.3) is 0 Å². The number of benzene rings is 4. The van der Waals surface area contributed by atoms with Gasteiger partial charge in [-0.05, 0) is 77.2 Å². The quantitative estimate of drug-likeness (QED) is 0.131. The summed E-state index contributed by atoms with van der Waals surface area (Å²) in [5.41, 5.74) is 5.00. The fourth-order valence-electron chi connectivity index (χ4n) is 4.71. The average molecular weight is 634 g/mol. The molecular formula is C29H23ClF3N3O4S2. The van der Waals surface area contributed by atoms with Gasteiger partial charge in [-0.15, -0.1) is 0 Å². The lowest BCUT2D eigenvalue weighted by molar-refractivity contribution is -0.225. The van der Waals surface area contributed by atoms with E-state index in [1.165, 1.54) is 42.5 Å². The Morgan fingerprint density at radius 2 is 1.62 bits per heavy atom. The molecule has 5 rings (SSSR count). The number of hydrogen-bond acceptors (Lipinski definition) is 6. The predicted molar refractivity (Wildman–Crippen MR) is 154 cm³/mol. The van der Waals surface area contributed by atoms with Crippen molar-refractivity contribution in [2.24, 2.45) is 5.73 Å². The van der Waals surface area contributed by atoms with Gasteiger partial charge >= 0.3 is 6.18 Å². The van der Waals surface area contributed by atoms with E-state index in [1.807, 2.05) is 30.3 Å². The molecule has 4 aromatic rings. The molecule has 13 heteroatoms. The van der Waals surface area contributed by atoms with Crippen molar-refractivity contribution in [3.63, 3.8) is 0 Å². The second kappa shape index (κ2) is 10.8. The van der Waals surface area contributed by atoms with Gasteiger partial charge in [0.05, 0.1) is 37.8 Å². The first kappa shape index (κ1) is 29.8. The van der Waals surface area contributed by atoms with Crippen LogP contribution in [0.25, 0.3) is 11.1 Å². The maximum Gasteiger partial charge on any atom is 0.426 e. The van der Waals surface area contributed by atoms with Crippen molar-refractivity contribution in [2.45, 2.75) is 37.8 Å². The topological polar surface area (TPSA) is 133 Å². The number of aliphatic hydroxyl groups is 1. The highest BCUT2D eigenvalue weighted by Crippen LogP contribution is 2.41. The zero-order valence-electron chi connectivity index (χ0n) is 21.6. The monoisotopic (exact) mass is 633 g/mol. The summed E-state index contributed by atoms with van der Waals surface area (Å²) in [6.45, 7) is -1.17. The van der Waals surface area contributed by atoms with E-state index >= 15 is 0 Å². The molecule has 0 bridgehead atoms. The first-order valence-electron chi connectivity index (χ1n) is 12.4. The molecule has 42 heavy (non-hydrogen) atoms. The Labute approximate surface area is 247 Å².